The highest BCUT2D eigenvalue weighted by atomic mass is 35.5. The van der Waals surface area contributed by atoms with E-state index >= 15 is 0 Å². The molecule has 0 heterocycles. The van der Waals surface area contributed by atoms with Crippen molar-refractivity contribution in [2.24, 2.45) is 5.92 Å². The summed E-state index contributed by atoms with van der Waals surface area (Å²) in [7, 11) is 0. The molecular weight excluding hydrogens is 316 g/mol. The number of halogens is 4. The van der Waals surface area contributed by atoms with Crippen LogP contribution in [0, 0.1) is 5.92 Å². The number of hydrogen-bond donors (Lipinski definition) is 1. The van der Waals surface area contributed by atoms with Crippen LogP contribution in [0.5, 0.6) is 0 Å². The van der Waals surface area contributed by atoms with Gasteiger partial charge in [-0.15, -0.1) is 23.2 Å². The van der Waals surface area contributed by atoms with Gasteiger partial charge in [0.25, 0.3) is 0 Å². The second kappa shape index (κ2) is 5.09. The van der Waals surface area contributed by atoms with Crippen LogP contribution in [0.4, 0.5) is 0 Å². The number of carbonyl (C=O) groups excluding carboxylic acids is 1. The molecule has 2 rings (SSSR count). The van der Waals surface area contributed by atoms with E-state index in [0.717, 1.165) is 5.56 Å². The maximum absolute atomic E-state index is 11.8. The van der Waals surface area contributed by atoms with Crippen LogP contribution in [0.25, 0.3) is 0 Å². The van der Waals surface area contributed by atoms with Crippen LogP contribution < -0.4 is 5.32 Å². The largest absolute Gasteiger partial charge is 0.349 e. The van der Waals surface area contributed by atoms with Crippen molar-refractivity contribution in [3.63, 3.8) is 0 Å². The molecule has 18 heavy (non-hydrogen) atoms. The molecule has 1 fully saturated rings. The van der Waals surface area contributed by atoms with E-state index < -0.39 is 4.33 Å². The topological polar surface area (TPSA) is 29.1 Å². The lowest BCUT2D eigenvalue weighted by Crippen LogP contribution is -2.29. The quantitative estimate of drug-likeness (QED) is 0.821. The average molecular weight is 327 g/mol. The highest BCUT2D eigenvalue weighted by Gasteiger charge is 2.56. The Hall–Kier alpha value is -0.150. The molecule has 6 heteroatoms. The van der Waals surface area contributed by atoms with E-state index in [9.17, 15) is 4.79 Å². The van der Waals surface area contributed by atoms with Crippen molar-refractivity contribution in [3.05, 3.63) is 33.8 Å². The Balaban J connectivity index is 2.04. The first-order valence-electron chi connectivity index (χ1n) is 5.44. The highest BCUT2D eigenvalue weighted by Crippen LogP contribution is 2.53. The summed E-state index contributed by atoms with van der Waals surface area (Å²) in [6.45, 7) is 1.85. The molecule has 1 aromatic rings. The molecule has 1 N–H and O–H groups in total. The zero-order valence-corrected chi connectivity index (χ0v) is 12.5. The minimum absolute atomic E-state index is 0.154. The average Bonchev–Trinajstić information content (AvgIpc) is 2.87. The van der Waals surface area contributed by atoms with E-state index in [1.807, 2.05) is 6.92 Å². The molecule has 0 aliphatic heterocycles. The molecule has 98 valence electrons. The fourth-order valence-electron chi connectivity index (χ4n) is 1.74. The van der Waals surface area contributed by atoms with Gasteiger partial charge in [-0.3, -0.25) is 4.79 Å². The second-order valence-corrected chi connectivity index (χ2v) is 6.80. The van der Waals surface area contributed by atoms with Crippen molar-refractivity contribution in [3.8, 4) is 0 Å². The molecule has 2 atom stereocenters. The molecule has 2 unspecified atom stereocenters. The molecule has 1 aromatic carbocycles. The lowest BCUT2D eigenvalue weighted by Gasteiger charge is -2.16. The SMILES string of the molecule is CC(NC(=O)C1CC1(Cl)Cl)c1ccc(Cl)cc1Cl. The van der Waals surface area contributed by atoms with Gasteiger partial charge in [0.1, 0.15) is 4.33 Å². The van der Waals surface area contributed by atoms with Gasteiger partial charge in [-0.05, 0) is 31.0 Å². The van der Waals surface area contributed by atoms with E-state index in [1.165, 1.54) is 0 Å². The van der Waals surface area contributed by atoms with Gasteiger partial charge in [0.05, 0.1) is 12.0 Å². The van der Waals surface area contributed by atoms with Crippen LogP contribution in [0.2, 0.25) is 10.0 Å². The Bertz CT molecular complexity index is 489. The van der Waals surface area contributed by atoms with Crippen LogP contribution >= 0.6 is 46.4 Å². The Morgan fingerprint density at radius 1 is 1.44 bits per heavy atom. The first-order chi connectivity index (χ1) is 8.31. The maximum Gasteiger partial charge on any atom is 0.226 e. The Morgan fingerprint density at radius 2 is 2.06 bits per heavy atom. The zero-order chi connectivity index (χ0) is 13.5. The summed E-state index contributed by atoms with van der Waals surface area (Å²) >= 11 is 23.6. The number of nitrogens with one attached hydrogen (secondary N) is 1. The van der Waals surface area contributed by atoms with Gasteiger partial charge in [-0.1, -0.05) is 29.3 Å². The Labute approximate surface area is 126 Å². The van der Waals surface area contributed by atoms with Gasteiger partial charge in [0.15, 0.2) is 0 Å². The zero-order valence-electron chi connectivity index (χ0n) is 9.51. The monoisotopic (exact) mass is 325 g/mol. The third-order valence-electron chi connectivity index (χ3n) is 2.93. The molecule has 2 nitrogen and oxygen atoms in total. The molecule has 1 aliphatic carbocycles. The van der Waals surface area contributed by atoms with Crippen molar-refractivity contribution in [2.75, 3.05) is 0 Å². The Morgan fingerprint density at radius 3 is 2.56 bits per heavy atom. The van der Waals surface area contributed by atoms with Crippen molar-refractivity contribution in [1.29, 1.82) is 0 Å². The summed E-state index contributed by atoms with van der Waals surface area (Å²) in [6, 6.07) is 4.95. The predicted molar refractivity (Wildman–Crippen MR) is 75.6 cm³/mol. The molecular formula is C12H11Cl4NO. The summed E-state index contributed by atoms with van der Waals surface area (Å²) in [5.41, 5.74) is 0.810. The standard InChI is InChI=1S/C12H11Cl4NO/c1-6(8-3-2-7(13)4-10(8)14)17-11(18)9-5-12(9,15)16/h2-4,6,9H,5H2,1H3,(H,17,18). The number of rotatable bonds is 3. The first-order valence-corrected chi connectivity index (χ1v) is 6.95. The number of benzene rings is 1. The van der Waals surface area contributed by atoms with Crippen LogP contribution in [0.1, 0.15) is 24.9 Å². The molecule has 1 saturated carbocycles. The summed E-state index contributed by atoms with van der Waals surface area (Å²) in [6.07, 6.45) is 0.489. The van der Waals surface area contributed by atoms with Crippen molar-refractivity contribution in [2.45, 2.75) is 23.7 Å². The summed E-state index contributed by atoms with van der Waals surface area (Å²) < 4.78 is -0.909. The van der Waals surface area contributed by atoms with Gasteiger partial charge in [-0.2, -0.15) is 0 Å². The predicted octanol–water partition coefficient (Wildman–Crippen LogP) is 4.36. The van der Waals surface area contributed by atoms with Crippen LogP contribution in [0.3, 0.4) is 0 Å². The van der Waals surface area contributed by atoms with E-state index in [2.05, 4.69) is 5.32 Å². The van der Waals surface area contributed by atoms with E-state index in [1.54, 1.807) is 18.2 Å². The summed E-state index contributed by atoms with van der Waals surface area (Å²) in [5, 5.41) is 3.92. The highest BCUT2D eigenvalue weighted by molar-refractivity contribution is 6.52. The van der Waals surface area contributed by atoms with E-state index in [4.69, 9.17) is 46.4 Å². The third-order valence-corrected chi connectivity index (χ3v) is 4.33. The van der Waals surface area contributed by atoms with Crippen LogP contribution in [0.15, 0.2) is 18.2 Å². The number of alkyl halides is 2. The van der Waals surface area contributed by atoms with Crippen molar-refractivity contribution in [1.82, 2.24) is 5.32 Å². The van der Waals surface area contributed by atoms with Gasteiger partial charge in [0.2, 0.25) is 5.91 Å². The fourth-order valence-corrected chi connectivity index (χ4v) is 2.82. The third kappa shape index (κ3) is 3.05. The molecule has 1 amide bonds. The first kappa shape index (κ1) is 14.3. The van der Waals surface area contributed by atoms with Gasteiger partial charge in [-0.25, -0.2) is 0 Å². The maximum atomic E-state index is 11.8. The van der Waals surface area contributed by atoms with Gasteiger partial charge in [0, 0.05) is 10.0 Å². The Kier molecular flexibility index (Phi) is 4.03. The van der Waals surface area contributed by atoms with Crippen molar-refractivity contribution < 1.29 is 4.79 Å². The summed E-state index contributed by atoms with van der Waals surface area (Å²) in [4.78, 5) is 11.8. The normalized spacial score (nSPS) is 22.4. The van der Waals surface area contributed by atoms with Gasteiger partial charge >= 0.3 is 0 Å². The second-order valence-electron chi connectivity index (χ2n) is 4.41. The van der Waals surface area contributed by atoms with Crippen LogP contribution in [-0.2, 0) is 4.79 Å². The molecule has 0 radical (unpaired) electrons. The molecule has 0 saturated heterocycles. The number of amides is 1. The van der Waals surface area contributed by atoms with Gasteiger partial charge < -0.3 is 5.32 Å². The van der Waals surface area contributed by atoms with E-state index in [-0.39, 0.29) is 17.9 Å². The molecule has 0 spiro atoms. The minimum Gasteiger partial charge on any atom is -0.349 e. The lowest BCUT2D eigenvalue weighted by molar-refractivity contribution is -0.122. The molecule has 0 aromatic heterocycles. The minimum atomic E-state index is -0.909. The summed E-state index contributed by atoms with van der Waals surface area (Å²) in [5.74, 6) is -0.493. The fraction of sp³-hybridized carbons (Fsp3) is 0.417. The molecule has 0 bridgehead atoms. The number of hydrogen-bond acceptors (Lipinski definition) is 1. The van der Waals surface area contributed by atoms with Crippen molar-refractivity contribution >= 4 is 52.3 Å². The van der Waals surface area contributed by atoms with E-state index in [0.29, 0.717) is 16.5 Å². The van der Waals surface area contributed by atoms with Crippen LogP contribution in [-0.4, -0.2) is 10.2 Å². The number of carbonyl (C=O) groups is 1. The molecule has 1 aliphatic rings. The smallest absolute Gasteiger partial charge is 0.226 e. The lowest BCUT2D eigenvalue weighted by atomic mass is 10.1.